The smallest absolute Gasteiger partial charge is 0.208 e. The van der Waals surface area contributed by atoms with E-state index in [-0.39, 0.29) is 6.42 Å². The fraction of sp³-hybridized carbons (Fsp3) is 0.182. The summed E-state index contributed by atoms with van der Waals surface area (Å²) in [5, 5.41) is -1.08. The molecule has 1 aromatic rings. The van der Waals surface area contributed by atoms with Gasteiger partial charge < -0.3 is 0 Å². The number of carbonyl (C=O) groups excluding carboxylic acids is 1. The highest BCUT2D eigenvalue weighted by Crippen LogP contribution is 2.30. The molecule has 0 spiro atoms. The van der Waals surface area contributed by atoms with Gasteiger partial charge in [0.05, 0.1) is 0 Å². The first-order chi connectivity index (χ1) is 7.15. The molecule has 0 heterocycles. The van der Waals surface area contributed by atoms with E-state index in [2.05, 4.69) is 0 Å². The third-order valence-corrected chi connectivity index (χ3v) is 2.56. The predicted octanol–water partition coefficient (Wildman–Crippen LogP) is 3.87. The quantitative estimate of drug-likeness (QED) is 0.575. The van der Waals surface area contributed by atoms with Crippen LogP contribution in [0.15, 0.2) is 46.2 Å². The summed E-state index contributed by atoms with van der Waals surface area (Å²) in [5.41, 5.74) is 0. The van der Waals surface area contributed by atoms with Crippen LogP contribution in [0.4, 0.5) is 8.78 Å². The van der Waals surface area contributed by atoms with E-state index in [0.717, 1.165) is 0 Å². The maximum absolute atomic E-state index is 13.2. The summed E-state index contributed by atoms with van der Waals surface area (Å²) in [4.78, 5) is 11.4. The Morgan fingerprint density at radius 2 is 1.87 bits per heavy atom. The zero-order chi connectivity index (χ0) is 11.3. The van der Waals surface area contributed by atoms with E-state index in [9.17, 15) is 13.6 Å². The Morgan fingerprint density at radius 1 is 1.27 bits per heavy atom. The number of hydrogen-bond donors (Lipinski definition) is 0. The van der Waals surface area contributed by atoms with Crippen LogP contribution in [0.5, 0.6) is 0 Å². The fourth-order valence-electron chi connectivity index (χ4n) is 0.902. The lowest BCUT2D eigenvalue weighted by atomic mass is 10.3. The number of allylic oxidation sites excluding steroid dienone is 1. The molecular weight excluding hydrogens is 218 g/mol. The Morgan fingerprint density at radius 3 is 2.40 bits per heavy atom. The van der Waals surface area contributed by atoms with Crippen molar-refractivity contribution in [2.24, 2.45) is 0 Å². The highest BCUT2D eigenvalue weighted by molar-refractivity contribution is 8.03. The first-order valence-electron chi connectivity index (χ1n) is 4.46. The van der Waals surface area contributed by atoms with E-state index < -0.39 is 16.8 Å². The Bertz CT molecular complexity index is 373. The van der Waals surface area contributed by atoms with Gasteiger partial charge in [-0.3, -0.25) is 4.79 Å². The molecule has 0 aliphatic carbocycles. The minimum Gasteiger partial charge on any atom is -0.291 e. The lowest BCUT2D eigenvalue weighted by Gasteiger charge is -1.99. The van der Waals surface area contributed by atoms with Gasteiger partial charge in [-0.25, -0.2) is 0 Å². The highest BCUT2D eigenvalue weighted by atomic mass is 32.2. The largest absolute Gasteiger partial charge is 0.291 e. The molecule has 0 aliphatic heterocycles. The van der Waals surface area contributed by atoms with Gasteiger partial charge in [0, 0.05) is 11.3 Å². The Kier molecular flexibility index (Phi) is 4.49. The number of Topliss-reactive ketones (excluding diaryl/α,β-unsaturated/α-hetero) is 1. The number of carbonyl (C=O) groups is 1. The summed E-state index contributed by atoms with van der Waals surface area (Å²) in [6, 6.07) is 8.51. The summed E-state index contributed by atoms with van der Waals surface area (Å²) < 4.78 is 26.2. The zero-order valence-electron chi connectivity index (χ0n) is 8.17. The minimum absolute atomic E-state index is 0.0331. The summed E-state index contributed by atoms with van der Waals surface area (Å²) >= 11 is 0.612. The van der Waals surface area contributed by atoms with Crippen LogP contribution in [-0.2, 0) is 4.79 Å². The van der Waals surface area contributed by atoms with Crippen molar-refractivity contribution >= 4 is 17.5 Å². The van der Waals surface area contributed by atoms with Gasteiger partial charge >= 0.3 is 0 Å². The molecule has 0 saturated heterocycles. The lowest BCUT2D eigenvalue weighted by Crippen LogP contribution is -1.96. The molecular formula is C11H10F2OS. The third kappa shape index (κ3) is 3.47. The van der Waals surface area contributed by atoms with Gasteiger partial charge in [0.25, 0.3) is 0 Å². The molecule has 0 atom stereocenters. The molecule has 0 fully saturated rings. The lowest BCUT2D eigenvalue weighted by molar-refractivity contribution is -0.116. The molecule has 0 unspecified atom stereocenters. The molecule has 0 aromatic heterocycles. The van der Waals surface area contributed by atoms with Crippen molar-refractivity contribution < 1.29 is 13.6 Å². The second-order valence-electron chi connectivity index (χ2n) is 2.78. The predicted molar refractivity (Wildman–Crippen MR) is 56.8 cm³/mol. The summed E-state index contributed by atoms with van der Waals surface area (Å²) in [7, 11) is 0. The molecule has 0 radical (unpaired) electrons. The number of ketones is 1. The second kappa shape index (κ2) is 5.66. The van der Waals surface area contributed by atoms with Crippen molar-refractivity contribution in [3.05, 3.63) is 41.3 Å². The first kappa shape index (κ1) is 11.9. The van der Waals surface area contributed by atoms with E-state index in [1.54, 1.807) is 30.3 Å². The van der Waals surface area contributed by atoms with Gasteiger partial charge in [-0.1, -0.05) is 36.9 Å². The molecule has 80 valence electrons. The highest BCUT2D eigenvalue weighted by Gasteiger charge is 2.14. The van der Waals surface area contributed by atoms with Crippen LogP contribution < -0.4 is 0 Å². The van der Waals surface area contributed by atoms with Crippen LogP contribution in [0.25, 0.3) is 0 Å². The normalized spacial score (nSPS) is 12.2. The van der Waals surface area contributed by atoms with Crippen molar-refractivity contribution in [2.45, 2.75) is 18.2 Å². The number of benzene rings is 1. The van der Waals surface area contributed by atoms with Gasteiger partial charge in [-0.15, -0.1) is 0 Å². The van der Waals surface area contributed by atoms with E-state index in [4.69, 9.17) is 0 Å². The molecule has 1 aromatic carbocycles. The van der Waals surface area contributed by atoms with Gasteiger partial charge in [-0.2, -0.15) is 8.78 Å². The average molecular weight is 228 g/mol. The van der Waals surface area contributed by atoms with E-state index in [1.165, 1.54) is 6.92 Å². The fourth-order valence-corrected chi connectivity index (χ4v) is 1.61. The zero-order valence-corrected chi connectivity index (χ0v) is 8.98. The van der Waals surface area contributed by atoms with Crippen molar-refractivity contribution in [1.82, 2.24) is 0 Å². The van der Waals surface area contributed by atoms with Crippen LogP contribution in [0.2, 0.25) is 0 Å². The van der Waals surface area contributed by atoms with Crippen LogP contribution in [-0.4, -0.2) is 5.78 Å². The van der Waals surface area contributed by atoms with Gasteiger partial charge in [0.2, 0.25) is 11.0 Å². The van der Waals surface area contributed by atoms with Gasteiger partial charge in [0.15, 0.2) is 5.78 Å². The van der Waals surface area contributed by atoms with Crippen molar-refractivity contribution in [2.75, 3.05) is 0 Å². The minimum atomic E-state index is -1.29. The van der Waals surface area contributed by atoms with E-state index in [1.807, 2.05) is 0 Å². The van der Waals surface area contributed by atoms with Crippen LogP contribution in [0, 0.1) is 0 Å². The van der Waals surface area contributed by atoms with Crippen molar-refractivity contribution in [3.8, 4) is 0 Å². The van der Waals surface area contributed by atoms with Crippen molar-refractivity contribution in [1.29, 1.82) is 0 Å². The van der Waals surface area contributed by atoms with Gasteiger partial charge in [0.1, 0.15) is 0 Å². The van der Waals surface area contributed by atoms with Crippen LogP contribution in [0.3, 0.4) is 0 Å². The number of thioether (sulfide) groups is 1. The Hall–Kier alpha value is -1.16. The number of rotatable bonds is 4. The van der Waals surface area contributed by atoms with E-state index in [0.29, 0.717) is 16.7 Å². The monoisotopic (exact) mass is 228 g/mol. The SMILES string of the molecule is CCC(=O)/C(F)=C(/F)Sc1ccccc1. The van der Waals surface area contributed by atoms with Crippen molar-refractivity contribution in [3.63, 3.8) is 0 Å². The molecule has 15 heavy (non-hydrogen) atoms. The van der Waals surface area contributed by atoms with Crippen LogP contribution in [0.1, 0.15) is 13.3 Å². The summed E-state index contributed by atoms with van der Waals surface area (Å²) in [5.74, 6) is -2.10. The molecule has 0 amide bonds. The first-order valence-corrected chi connectivity index (χ1v) is 5.28. The molecule has 0 aliphatic rings. The third-order valence-electron chi connectivity index (χ3n) is 1.69. The number of hydrogen-bond acceptors (Lipinski definition) is 2. The standard InChI is InChI=1S/C11H10F2OS/c1-2-9(14)10(12)11(13)15-8-6-4-3-5-7-8/h3-7H,2H2,1H3/b11-10+. The maximum Gasteiger partial charge on any atom is 0.208 e. The summed E-state index contributed by atoms with van der Waals surface area (Å²) in [6.07, 6.45) is -0.0331. The topological polar surface area (TPSA) is 17.1 Å². The molecule has 1 nitrogen and oxygen atoms in total. The Balaban J connectivity index is 2.78. The molecule has 0 saturated carbocycles. The molecule has 0 N–H and O–H groups in total. The Labute approximate surface area is 91.2 Å². The van der Waals surface area contributed by atoms with Crippen LogP contribution >= 0.6 is 11.8 Å². The van der Waals surface area contributed by atoms with E-state index >= 15 is 0 Å². The molecule has 0 bridgehead atoms. The summed E-state index contributed by atoms with van der Waals surface area (Å²) in [6.45, 7) is 1.49. The molecule has 4 heteroatoms. The molecule has 1 rings (SSSR count). The maximum atomic E-state index is 13.2. The van der Waals surface area contributed by atoms with Gasteiger partial charge in [-0.05, 0) is 12.1 Å². The number of halogens is 2. The average Bonchev–Trinajstić information content (AvgIpc) is 2.28. The second-order valence-corrected chi connectivity index (χ2v) is 3.81.